The Morgan fingerprint density at radius 1 is 1.30 bits per heavy atom. The molecule has 1 N–H and O–H groups in total. The molecule has 0 radical (unpaired) electrons. The number of hydrogen-bond acceptors (Lipinski definition) is 4. The fourth-order valence-electron chi connectivity index (χ4n) is 2.66. The van der Waals surface area contributed by atoms with Gasteiger partial charge in [-0.3, -0.25) is 5.32 Å². The van der Waals surface area contributed by atoms with Crippen molar-refractivity contribution in [2.24, 2.45) is 0 Å². The first kappa shape index (κ1) is 15.0. The summed E-state index contributed by atoms with van der Waals surface area (Å²) in [6, 6.07) is 12.5. The zero-order valence-electron chi connectivity index (χ0n) is 12.1. The zero-order valence-corrected chi connectivity index (χ0v) is 12.1. The van der Waals surface area contributed by atoms with Crippen molar-refractivity contribution < 1.29 is 4.74 Å². The molecule has 20 heavy (non-hydrogen) atoms. The Morgan fingerprint density at radius 2 is 2.10 bits per heavy atom. The van der Waals surface area contributed by atoms with Gasteiger partial charge in [0, 0.05) is 26.2 Å². The van der Waals surface area contributed by atoms with Crippen LogP contribution >= 0.6 is 0 Å². The van der Waals surface area contributed by atoms with E-state index in [1.54, 1.807) is 0 Å². The van der Waals surface area contributed by atoms with E-state index < -0.39 is 5.54 Å². The van der Waals surface area contributed by atoms with E-state index in [1.165, 1.54) is 0 Å². The van der Waals surface area contributed by atoms with Crippen LogP contribution in [0.4, 0.5) is 0 Å². The number of nitriles is 1. The molecule has 4 heteroatoms. The van der Waals surface area contributed by atoms with Crippen molar-refractivity contribution in [2.75, 3.05) is 39.9 Å². The maximum Gasteiger partial charge on any atom is 0.133 e. The van der Waals surface area contributed by atoms with Crippen LogP contribution in [-0.2, 0) is 10.3 Å². The molecule has 0 amide bonds. The van der Waals surface area contributed by atoms with Crippen LogP contribution < -0.4 is 5.32 Å². The van der Waals surface area contributed by atoms with E-state index in [0.29, 0.717) is 0 Å². The van der Waals surface area contributed by atoms with Crippen LogP contribution in [0.2, 0.25) is 0 Å². The first-order valence-corrected chi connectivity index (χ1v) is 7.26. The van der Waals surface area contributed by atoms with Gasteiger partial charge in [-0.2, -0.15) is 5.26 Å². The molecule has 1 aromatic carbocycles. The predicted molar refractivity (Wildman–Crippen MR) is 79.3 cm³/mol. The van der Waals surface area contributed by atoms with Crippen molar-refractivity contribution in [3.8, 4) is 6.07 Å². The van der Waals surface area contributed by atoms with Crippen LogP contribution in [0, 0.1) is 11.3 Å². The van der Waals surface area contributed by atoms with Gasteiger partial charge in [-0.1, -0.05) is 30.3 Å². The topological polar surface area (TPSA) is 48.3 Å². The minimum atomic E-state index is -0.603. The van der Waals surface area contributed by atoms with Gasteiger partial charge in [0.1, 0.15) is 5.54 Å². The number of rotatable bonds is 5. The van der Waals surface area contributed by atoms with Gasteiger partial charge in [0.25, 0.3) is 0 Å². The second-order valence-electron chi connectivity index (χ2n) is 5.19. The molecule has 0 bridgehead atoms. The summed E-state index contributed by atoms with van der Waals surface area (Å²) in [7, 11) is 1.86. The first-order chi connectivity index (χ1) is 9.80. The molecule has 0 aliphatic carbocycles. The fraction of sp³-hybridized carbons (Fsp3) is 0.562. The van der Waals surface area contributed by atoms with E-state index in [0.717, 1.165) is 51.3 Å². The van der Waals surface area contributed by atoms with E-state index in [9.17, 15) is 5.26 Å². The largest absolute Gasteiger partial charge is 0.380 e. The molecule has 1 fully saturated rings. The molecule has 1 aliphatic rings. The lowest BCUT2D eigenvalue weighted by molar-refractivity contribution is 0.140. The highest BCUT2D eigenvalue weighted by molar-refractivity contribution is 5.31. The molecular weight excluding hydrogens is 250 g/mol. The Balaban J connectivity index is 2.04. The summed E-state index contributed by atoms with van der Waals surface area (Å²) in [6.45, 7) is 4.57. The number of benzene rings is 1. The molecule has 1 saturated heterocycles. The maximum absolute atomic E-state index is 9.66. The standard InChI is InChI=1S/C16H23N3O/c1-18-16(14-17,15-6-3-2-4-7-15)8-10-19-9-5-12-20-13-11-19/h2-4,6-7,18H,5,8-13H2,1H3. The monoisotopic (exact) mass is 273 g/mol. The molecule has 1 atom stereocenters. The van der Waals surface area contributed by atoms with E-state index in [4.69, 9.17) is 4.74 Å². The van der Waals surface area contributed by atoms with Crippen LogP contribution in [0.3, 0.4) is 0 Å². The second-order valence-corrected chi connectivity index (χ2v) is 5.19. The van der Waals surface area contributed by atoms with Crippen LogP contribution in [0.25, 0.3) is 0 Å². The van der Waals surface area contributed by atoms with Crippen molar-refractivity contribution in [1.29, 1.82) is 5.26 Å². The molecular formula is C16H23N3O. The zero-order chi connectivity index (χ0) is 14.3. The van der Waals surface area contributed by atoms with Gasteiger partial charge in [0.15, 0.2) is 0 Å². The number of nitrogens with zero attached hydrogens (tertiary/aromatic N) is 2. The van der Waals surface area contributed by atoms with Crippen molar-refractivity contribution >= 4 is 0 Å². The third-order valence-electron chi connectivity index (χ3n) is 4.00. The van der Waals surface area contributed by atoms with Crippen molar-refractivity contribution in [3.63, 3.8) is 0 Å². The quantitative estimate of drug-likeness (QED) is 0.887. The smallest absolute Gasteiger partial charge is 0.133 e. The lowest BCUT2D eigenvalue weighted by atomic mass is 9.88. The summed E-state index contributed by atoms with van der Waals surface area (Å²) >= 11 is 0. The van der Waals surface area contributed by atoms with Gasteiger partial charge in [-0.05, 0) is 25.5 Å². The van der Waals surface area contributed by atoms with Gasteiger partial charge < -0.3 is 9.64 Å². The van der Waals surface area contributed by atoms with E-state index in [-0.39, 0.29) is 0 Å². The second kappa shape index (κ2) is 7.39. The van der Waals surface area contributed by atoms with Crippen LogP contribution in [0.5, 0.6) is 0 Å². The Bertz CT molecular complexity index is 435. The summed E-state index contributed by atoms with van der Waals surface area (Å²) in [5.74, 6) is 0. The van der Waals surface area contributed by atoms with E-state index in [2.05, 4.69) is 16.3 Å². The highest BCUT2D eigenvalue weighted by Crippen LogP contribution is 2.24. The van der Waals surface area contributed by atoms with E-state index >= 15 is 0 Å². The van der Waals surface area contributed by atoms with Gasteiger partial charge >= 0.3 is 0 Å². The number of hydrogen-bond donors (Lipinski definition) is 1. The third-order valence-corrected chi connectivity index (χ3v) is 4.00. The minimum Gasteiger partial charge on any atom is -0.380 e. The van der Waals surface area contributed by atoms with Gasteiger partial charge in [-0.25, -0.2) is 0 Å². The Kier molecular flexibility index (Phi) is 5.54. The molecule has 1 heterocycles. The normalized spacial score (nSPS) is 19.8. The molecule has 4 nitrogen and oxygen atoms in total. The van der Waals surface area contributed by atoms with Crippen molar-refractivity contribution in [2.45, 2.75) is 18.4 Å². The molecule has 1 unspecified atom stereocenters. The molecule has 1 aromatic rings. The third kappa shape index (κ3) is 3.57. The predicted octanol–water partition coefficient (Wildman–Crippen LogP) is 1.74. The van der Waals surface area contributed by atoms with Gasteiger partial charge in [0.2, 0.25) is 0 Å². The van der Waals surface area contributed by atoms with Crippen molar-refractivity contribution in [3.05, 3.63) is 35.9 Å². The Morgan fingerprint density at radius 3 is 2.80 bits per heavy atom. The molecule has 2 rings (SSSR count). The molecule has 0 aromatic heterocycles. The average Bonchev–Trinajstić information content (AvgIpc) is 2.79. The maximum atomic E-state index is 9.66. The summed E-state index contributed by atoms with van der Waals surface area (Å²) in [6.07, 6.45) is 1.86. The minimum absolute atomic E-state index is 0.603. The first-order valence-electron chi connectivity index (χ1n) is 7.26. The summed E-state index contributed by atoms with van der Waals surface area (Å²) in [4.78, 5) is 2.39. The average molecular weight is 273 g/mol. The lowest BCUT2D eigenvalue weighted by Crippen LogP contribution is -2.42. The van der Waals surface area contributed by atoms with Crippen LogP contribution in [0.15, 0.2) is 30.3 Å². The Hall–Kier alpha value is -1.41. The molecule has 108 valence electrons. The van der Waals surface area contributed by atoms with Gasteiger partial charge in [0.05, 0.1) is 12.7 Å². The number of ether oxygens (including phenoxy) is 1. The molecule has 0 spiro atoms. The van der Waals surface area contributed by atoms with Crippen LogP contribution in [0.1, 0.15) is 18.4 Å². The Labute approximate surface area is 121 Å². The fourth-order valence-corrected chi connectivity index (χ4v) is 2.66. The highest BCUT2D eigenvalue weighted by Gasteiger charge is 2.30. The van der Waals surface area contributed by atoms with Crippen molar-refractivity contribution in [1.82, 2.24) is 10.2 Å². The summed E-state index contributed by atoms with van der Waals surface area (Å²) in [5.41, 5.74) is 0.435. The molecule has 1 aliphatic heterocycles. The summed E-state index contributed by atoms with van der Waals surface area (Å²) < 4.78 is 5.47. The van der Waals surface area contributed by atoms with Crippen LogP contribution in [-0.4, -0.2) is 44.8 Å². The SMILES string of the molecule is CNC(C#N)(CCN1CCCOCC1)c1ccccc1. The lowest BCUT2D eigenvalue weighted by Gasteiger charge is -2.29. The summed E-state index contributed by atoms with van der Waals surface area (Å²) in [5, 5.41) is 12.9. The molecule has 0 saturated carbocycles. The van der Waals surface area contributed by atoms with E-state index in [1.807, 2.05) is 37.4 Å². The number of nitrogens with one attached hydrogen (secondary N) is 1. The van der Waals surface area contributed by atoms with Gasteiger partial charge in [-0.15, -0.1) is 0 Å². The highest BCUT2D eigenvalue weighted by atomic mass is 16.5.